The Hall–Kier alpha value is -2.15. The van der Waals surface area contributed by atoms with Crippen molar-refractivity contribution in [1.82, 2.24) is 4.90 Å². The Balaban J connectivity index is 1.71. The molecule has 1 amide bonds. The minimum absolute atomic E-state index is 0.0618. The number of benzene rings is 2. The molecule has 1 fully saturated rings. The number of amides is 1. The third-order valence-electron chi connectivity index (χ3n) is 4.76. The third-order valence-corrected chi connectivity index (χ3v) is 5.76. The van der Waals surface area contributed by atoms with Crippen molar-refractivity contribution < 1.29 is 22.7 Å². The Morgan fingerprint density at radius 2 is 1.89 bits per heavy atom. The monoisotopic (exact) mass is 409 g/mol. The summed E-state index contributed by atoms with van der Waals surface area (Å²) < 4.78 is 44.2. The van der Waals surface area contributed by atoms with Crippen LogP contribution in [0.3, 0.4) is 0 Å². The van der Waals surface area contributed by atoms with Gasteiger partial charge >= 0.3 is 6.18 Å². The fraction of sp³-hybridized carbons (Fsp3) is 0.381. The number of halogens is 3. The van der Waals surface area contributed by atoms with Gasteiger partial charge in [0.2, 0.25) is 5.91 Å². The van der Waals surface area contributed by atoms with Gasteiger partial charge < -0.3 is 9.64 Å². The Labute approximate surface area is 166 Å². The van der Waals surface area contributed by atoms with Gasteiger partial charge in [0.25, 0.3) is 0 Å². The van der Waals surface area contributed by atoms with Gasteiger partial charge in [-0.25, -0.2) is 0 Å². The lowest BCUT2D eigenvalue weighted by Gasteiger charge is -2.30. The van der Waals surface area contributed by atoms with Gasteiger partial charge in [0.1, 0.15) is 5.75 Å². The summed E-state index contributed by atoms with van der Waals surface area (Å²) in [6.07, 6.45) is -2.61. The average Bonchev–Trinajstić information content (AvgIpc) is 3.51. The van der Waals surface area contributed by atoms with Crippen LogP contribution in [0.15, 0.2) is 53.4 Å². The van der Waals surface area contributed by atoms with Gasteiger partial charge in [-0.05, 0) is 61.7 Å². The van der Waals surface area contributed by atoms with E-state index in [-0.39, 0.29) is 17.7 Å². The van der Waals surface area contributed by atoms with Crippen LogP contribution in [0.5, 0.6) is 5.75 Å². The van der Waals surface area contributed by atoms with E-state index in [0.29, 0.717) is 5.56 Å². The Bertz CT molecular complexity index is 819. The van der Waals surface area contributed by atoms with E-state index in [1.165, 1.54) is 17.8 Å². The molecule has 1 atom stereocenters. The van der Waals surface area contributed by atoms with Crippen LogP contribution < -0.4 is 4.74 Å². The summed E-state index contributed by atoms with van der Waals surface area (Å²) in [6, 6.07) is 12.4. The van der Waals surface area contributed by atoms with Crippen LogP contribution in [0.1, 0.15) is 36.9 Å². The SMILES string of the molecule is COc1ccc(SCC(=O)N(C2CC2)C(C)c2cccc(C(F)(F)F)c2)cc1. The van der Waals surface area contributed by atoms with E-state index < -0.39 is 17.8 Å². The van der Waals surface area contributed by atoms with Gasteiger partial charge in [-0.15, -0.1) is 11.8 Å². The number of methoxy groups -OCH3 is 1. The first-order valence-corrected chi connectivity index (χ1v) is 10.0. The molecule has 0 aliphatic heterocycles. The molecule has 1 unspecified atom stereocenters. The van der Waals surface area contributed by atoms with Crippen molar-refractivity contribution in [2.24, 2.45) is 0 Å². The molecule has 3 nitrogen and oxygen atoms in total. The standard InChI is InChI=1S/C21H22F3NO2S/c1-14(15-4-3-5-16(12-15)21(22,23)24)25(17-6-7-17)20(26)13-28-19-10-8-18(27-2)9-11-19/h3-5,8-12,14,17H,6-7,13H2,1-2H3. The minimum Gasteiger partial charge on any atom is -0.497 e. The van der Waals surface area contributed by atoms with Crippen LogP contribution in [0, 0.1) is 0 Å². The van der Waals surface area contributed by atoms with E-state index in [2.05, 4.69) is 0 Å². The second-order valence-corrected chi connectivity index (χ2v) is 7.84. The maximum atomic E-state index is 13.0. The third kappa shape index (κ3) is 5.01. The molecule has 0 radical (unpaired) electrons. The molecular weight excluding hydrogens is 387 g/mol. The van der Waals surface area contributed by atoms with E-state index in [9.17, 15) is 18.0 Å². The maximum Gasteiger partial charge on any atom is 0.416 e. The highest BCUT2D eigenvalue weighted by atomic mass is 32.2. The fourth-order valence-corrected chi connectivity index (χ4v) is 3.88. The molecule has 0 N–H and O–H groups in total. The number of ether oxygens (including phenoxy) is 1. The minimum atomic E-state index is -4.39. The van der Waals surface area contributed by atoms with E-state index in [1.807, 2.05) is 24.3 Å². The number of hydrogen-bond acceptors (Lipinski definition) is 3. The summed E-state index contributed by atoms with van der Waals surface area (Å²) in [5.74, 6) is 0.924. The molecule has 0 aromatic heterocycles. The van der Waals surface area contributed by atoms with Crippen LogP contribution >= 0.6 is 11.8 Å². The van der Waals surface area contributed by atoms with E-state index >= 15 is 0 Å². The average molecular weight is 409 g/mol. The normalized spacial score (nSPS) is 15.2. The van der Waals surface area contributed by atoms with Gasteiger partial charge in [-0.2, -0.15) is 13.2 Å². The highest BCUT2D eigenvalue weighted by molar-refractivity contribution is 8.00. The fourth-order valence-electron chi connectivity index (χ4n) is 3.12. The molecule has 0 bridgehead atoms. The van der Waals surface area contributed by atoms with E-state index in [0.717, 1.165) is 35.6 Å². The summed E-state index contributed by atoms with van der Waals surface area (Å²) in [5, 5.41) is 0. The van der Waals surface area contributed by atoms with Crippen LogP contribution in [-0.2, 0) is 11.0 Å². The molecule has 2 aromatic carbocycles. The molecule has 28 heavy (non-hydrogen) atoms. The van der Waals surface area contributed by atoms with Crippen molar-refractivity contribution in [3.8, 4) is 5.75 Å². The van der Waals surface area contributed by atoms with Crippen LogP contribution in [-0.4, -0.2) is 29.7 Å². The predicted octanol–water partition coefficient (Wildman–Crippen LogP) is 5.56. The molecule has 150 valence electrons. The van der Waals surface area contributed by atoms with E-state index in [4.69, 9.17) is 4.74 Å². The number of nitrogens with zero attached hydrogens (tertiary/aromatic N) is 1. The Morgan fingerprint density at radius 1 is 1.21 bits per heavy atom. The molecule has 2 aromatic rings. The quantitative estimate of drug-likeness (QED) is 0.561. The summed E-state index contributed by atoms with van der Waals surface area (Å²) in [5.41, 5.74) is -0.183. The second-order valence-electron chi connectivity index (χ2n) is 6.80. The number of rotatable bonds is 7. The topological polar surface area (TPSA) is 29.5 Å². The van der Waals surface area contributed by atoms with Crippen LogP contribution in [0.25, 0.3) is 0 Å². The lowest BCUT2D eigenvalue weighted by atomic mass is 10.0. The highest BCUT2D eigenvalue weighted by Crippen LogP contribution is 2.37. The van der Waals surface area contributed by atoms with Gasteiger partial charge in [-0.3, -0.25) is 4.79 Å². The van der Waals surface area contributed by atoms with Crippen molar-refractivity contribution in [2.75, 3.05) is 12.9 Å². The maximum absolute atomic E-state index is 13.0. The first-order chi connectivity index (χ1) is 13.3. The summed E-state index contributed by atoms with van der Waals surface area (Å²) >= 11 is 1.41. The van der Waals surface area contributed by atoms with Crippen molar-refractivity contribution in [1.29, 1.82) is 0 Å². The molecule has 7 heteroatoms. The molecule has 1 saturated carbocycles. The number of hydrogen-bond donors (Lipinski definition) is 0. The lowest BCUT2D eigenvalue weighted by molar-refractivity contribution is -0.137. The van der Waals surface area contributed by atoms with Gasteiger partial charge in [0, 0.05) is 10.9 Å². The Kier molecular flexibility index (Phi) is 6.23. The lowest BCUT2D eigenvalue weighted by Crippen LogP contribution is -2.36. The van der Waals surface area contributed by atoms with Gasteiger partial charge in [-0.1, -0.05) is 12.1 Å². The van der Waals surface area contributed by atoms with Crippen molar-refractivity contribution in [3.63, 3.8) is 0 Å². The van der Waals surface area contributed by atoms with Crippen molar-refractivity contribution >= 4 is 17.7 Å². The molecular formula is C21H22F3NO2S. The summed E-state index contributed by atoms with van der Waals surface area (Å²) in [6.45, 7) is 1.80. The summed E-state index contributed by atoms with van der Waals surface area (Å²) in [4.78, 5) is 15.6. The van der Waals surface area contributed by atoms with E-state index in [1.54, 1.807) is 25.0 Å². The zero-order valence-electron chi connectivity index (χ0n) is 15.7. The van der Waals surface area contributed by atoms with Gasteiger partial charge in [0.15, 0.2) is 0 Å². The van der Waals surface area contributed by atoms with Crippen molar-refractivity contribution in [3.05, 3.63) is 59.7 Å². The first kappa shape index (κ1) is 20.6. The second kappa shape index (κ2) is 8.47. The molecule has 1 aliphatic rings. The first-order valence-electron chi connectivity index (χ1n) is 9.05. The number of carbonyl (C=O) groups is 1. The molecule has 1 aliphatic carbocycles. The van der Waals surface area contributed by atoms with Crippen LogP contribution in [0.2, 0.25) is 0 Å². The number of carbonyl (C=O) groups excluding carboxylic acids is 1. The zero-order valence-corrected chi connectivity index (χ0v) is 16.5. The molecule has 3 rings (SSSR count). The molecule has 0 saturated heterocycles. The zero-order chi connectivity index (χ0) is 20.3. The van der Waals surface area contributed by atoms with Crippen LogP contribution in [0.4, 0.5) is 13.2 Å². The van der Waals surface area contributed by atoms with Crippen molar-refractivity contribution in [2.45, 2.75) is 42.9 Å². The molecule has 0 spiro atoms. The Morgan fingerprint density at radius 3 is 2.46 bits per heavy atom. The molecule has 0 heterocycles. The predicted molar refractivity (Wildman–Crippen MR) is 103 cm³/mol. The number of alkyl halides is 3. The van der Waals surface area contributed by atoms with Gasteiger partial charge in [0.05, 0.1) is 24.5 Å². The summed E-state index contributed by atoms with van der Waals surface area (Å²) in [7, 11) is 1.59. The largest absolute Gasteiger partial charge is 0.497 e. The smallest absolute Gasteiger partial charge is 0.416 e. The number of thioether (sulfide) groups is 1. The highest BCUT2D eigenvalue weighted by Gasteiger charge is 2.37.